The molecule has 0 unspecified atom stereocenters. The number of amides is 1. The Morgan fingerprint density at radius 3 is 2.50 bits per heavy atom. The second kappa shape index (κ2) is 4.22. The van der Waals surface area contributed by atoms with E-state index in [2.05, 4.69) is 17.1 Å². The van der Waals surface area contributed by atoms with Gasteiger partial charge in [-0.15, -0.1) is 0 Å². The lowest BCUT2D eigenvalue weighted by Crippen LogP contribution is -2.40. The SMILES string of the molecule is CCSCC(=O)N1[C@@H]2CC[C@H]1[C@H]1CNC[C@H]12. The molecule has 0 aromatic carbocycles. The molecule has 90 valence electrons. The van der Waals surface area contributed by atoms with E-state index in [0.717, 1.165) is 30.7 Å². The molecule has 0 aromatic rings. The Hall–Kier alpha value is -0.220. The lowest BCUT2D eigenvalue weighted by Gasteiger charge is -2.24. The van der Waals surface area contributed by atoms with E-state index >= 15 is 0 Å². The molecule has 3 heterocycles. The van der Waals surface area contributed by atoms with Crippen LogP contribution in [0.4, 0.5) is 0 Å². The van der Waals surface area contributed by atoms with Crippen LogP contribution in [0, 0.1) is 11.8 Å². The molecule has 0 aliphatic carbocycles. The molecule has 1 amide bonds. The number of carbonyl (C=O) groups excluding carboxylic acids is 1. The van der Waals surface area contributed by atoms with Crippen LogP contribution in [0.2, 0.25) is 0 Å². The van der Waals surface area contributed by atoms with Crippen LogP contribution in [0.1, 0.15) is 19.8 Å². The number of hydrogen-bond acceptors (Lipinski definition) is 3. The normalized spacial score (nSPS) is 40.4. The summed E-state index contributed by atoms with van der Waals surface area (Å²) in [7, 11) is 0. The second-order valence-electron chi connectivity index (χ2n) is 5.14. The van der Waals surface area contributed by atoms with Gasteiger partial charge in [0.05, 0.1) is 5.75 Å². The number of fused-ring (bicyclic) bond motifs is 5. The Balaban J connectivity index is 1.71. The molecule has 3 aliphatic rings. The van der Waals surface area contributed by atoms with Gasteiger partial charge in [-0.1, -0.05) is 6.92 Å². The number of rotatable bonds is 3. The lowest BCUT2D eigenvalue weighted by molar-refractivity contribution is -0.130. The lowest BCUT2D eigenvalue weighted by atomic mass is 9.82. The standard InChI is InChI=1S/C12H20N2OS/c1-2-16-7-12(15)14-10-3-4-11(14)9-6-13-5-8(9)10/h8-11,13H,2-7H2,1H3/t8-,9+,10-,11+. The van der Waals surface area contributed by atoms with Crippen molar-refractivity contribution < 1.29 is 4.79 Å². The molecule has 3 aliphatic heterocycles. The molecule has 1 N–H and O–H groups in total. The van der Waals surface area contributed by atoms with Crippen LogP contribution < -0.4 is 5.32 Å². The van der Waals surface area contributed by atoms with Gasteiger partial charge in [-0.05, 0) is 30.4 Å². The maximum Gasteiger partial charge on any atom is 0.233 e. The van der Waals surface area contributed by atoms with Gasteiger partial charge in [-0.2, -0.15) is 11.8 Å². The molecular weight excluding hydrogens is 220 g/mol. The molecule has 4 heteroatoms. The van der Waals surface area contributed by atoms with E-state index in [1.165, 1.54) is 12.8 Å². The molecule has 0 spiro atoms. The third-order valence-corrected chi connectivity index (χ3v) is 5.35. The van der Waals surface area contributed by atoms with Crippen molar-refractivity contribution in [2.24, 2.45) is 11.8 Å². The Kier molecular flexibility index (Phi) is 2.88. The van der Waals surface area contributed by atoms with E-state index < -0.39 is 0 Å². The maximum atomic E-state index is 12.2. The maximum absolute atomic E-state index is 12.2. The molecular formula is C12H20N2OS. The summed E-state index contributed by atoms with van der Waals surface area (Å²) in [4.78, 5) is 14.4. The summed E-state index contributed by atoms with van der Waals surface area (Å²) in [6.45, 7) is 4.39. The fraction of sp³-hybridized carbons (Fsp3) is 0.917. The van der Waals surface area contributed by atoms with Gasteiger partial charge in [-0.3, -0.25) is 4.79 Å². The van der Waals surface area contributed by atoms with Crippen LogP contribution in [-0.4, -0.2) is 47.5 Å². The van der Waals surface area contributed by atoms with Crippen molar-refractivity contribution in [3.63, 3.8) is 0 Å². The first-order valence-electron chi connectivity index (χ1n) is 6.42. The topological polar surface area (TPSA) is 32.3 Å². The molecule has 0 aromatic heterocycles. The van der Waals surface area contributed by atoms with E-state index in [4.69, 9.17) is 0 Å². The average molecular weight is 240 g/mol. The first-order chi connectivity index (χ1) is 7.83. The zero-order valence-corrected chi connectivity index (χ0v) is 10.6. The molecule has 16 heavy (non-hydrogen) atoms. The first kappa shape index (κ1) is 10.9. The Morgan fingerprint density at radius 1 is 1.31 bits per heavy atom. The Labute approximate surface area is 101 Å². The fourth-order valence-electron chi connectivity index (χ4n) is 3.90. The molecule has 2 bridgehead atoms. The molecule has 3 saturated heterocycles. The quantitative estimate of drug-likeness (QED) is 0.797. The fourth-order valence-corrected chi connectivity index (χ4v) is 4.43. The minimum Gasteiger partial charge on any atom is -0.335 e. The van der Waals surface area contributed by atoms with Crippen LogP contribution in [0.25, 0.3) is 0 Å². The highest BCUT2D eigenvalue weighted by molar-refractivity contribution is 7.99. The third kappa shape index (κ3) is 1.50. The molecule has 0 saturated carbocycles. The van der Waals surface area contributed by atoms with Crippen molar-refractivity contribution in [2.75, 3.05) is 24.6 Å². The van der Waals surface area contributed by atoms with Crippen molar-refractivity contribution in [3.8, 4) is 0 Å². The second-order valence-corrected chi connectivity index (χ2v) is 6.41. The van der Waals surface area contributed by atoms with Crippen LogP contribution in [0.5, 0.6) is 0 Å². The van der Waals surface area contributed by atoms with Gasteiger partial charge in [0.25, 0.3) is 0 Å². The summed E-state index contributed by atoms with van der Waals surface area (Å²) < 4.78 is 0. The number of nitrogens with one attached hydrogen (secondary N) is 1. The van der Waals surface area contributed by atoms with Gasteiger partial charge in [0, 0.05) is 25.2 Å². The van der Waals surface area contributed by atoms with Crippen molar-refractivity contribution in [1.82, 2.24) is 10.2 Å². The van der Waals surface area contributed by atoms with Gasteiger partial charge < -0.3 is 10.2 Å². The van der Waals surface area contributed by atoms with E-state index in [0.29, 0.717) is 23.7 Å². The first-order valence-corrected chi connectivity index (χ1v) is 7.58. The zero-order valence-electron chi connectivity index (χ0n) is 9.82. The Bertz CT molecular complexity index is 279. The summed E-state index contributed by atoms with van der Waals surface area (Å²) in [6, 6.07) is 1.13. The summed E-state index contributed by atoms with van der Waals surface area (Å²) in [5.74, 6) is 3.65. The van der Waals surface area contributed by atoms with Crippen LogP contribution >= 0.6 is 11.8 Å². The summed E-state index contributed by atoms with van der Waals surface area (Å²) in [5, 5.41) is 3.48. The van der Waals surface area contributed by atoms with E-state index in [1.807, 2.05) is 0 Å². The molecule has 3 rings (SSSR count). The highest BCUT2D eigenvalue weighted by Crippen LogP contribution is 2.47. The number of thioether (sulfide) groups is 1. The molecule has 3 fully saturated rings. The third-order valence-electron chi connectivity index (χ3n) is 4.49. The number of hydrogen-bond donors (Lipinski definition) is 1. The summed E-state index contributed by atoms with van der Waals surface area (Å²) >= 11 is 1.76. The van der Waals surface area contributed by atoms with Gasteiger partial charge in [0.1, 0.15) is 0 Å². The van der Waals surface area contributed by atoms with Gasteiger partial charge in [-0.25, -0.2) is 0 Å². The Morgan fingerprint density at radius 2 is 1.94 bits per heavy atom. The average Bonchev–Trinajstić information content (AvgIpc) is 2.95. The van der Waals surface area contributed by atoms with Crippen molar-refractivity contribution in [3.05, 3.63) is 0 Å². The van der Waals surface area contributed by atoms with Crippen LogP contribution in [0.15, 0.2) is 0 Å². The van der Waals surface area contributed by atoms with Crippen molar-refractivity contribution >= 4 is 17.7 Å². The van der Waals surface area contributed by atoms with Gasteiger partial charge in [0.2, 0.25) is 5.91 Å². The van der Waals surface area contributed by atoms with E-state index in [9.17, 15) is 4.79 Å². The summed E-state index contributed by atoms with van der Waals surface area (Å²) in [5.41, 5.74) is 0. The number of carbonyl (C=O) groups is 1. The molecule has 4 atom stereocenters. The highest BCUT2D eigenvalue weighted by atomic mass is 32.2. The van der Waals surface area contributed by atoms with Gasteiger partial charge in [0.15, 0.2) is 0 Å². The minimum absolute atomic E-state index is 0.397. The zero-order chi connectivity index (χ0) is 11.1. The van der Waals surface area contributed by atoms with Gasteiger partial charge >= 0.3 is 0 Å². The summed E-state index contributed by atoms with van der Waals surface area (Å²) in [6.07, 6.45) is 2.49. The minimum atomic E-state index is 0.397. The smallest absolute Gasteiger partial charge is 0.233 e. The van der Waals surface area contributed by atoms with Crippen molar-refractivity contribution in [2.45, 2.75) is 31.8 Å². The largest absolute Gasteiger partial charge is 0.335 e. The van der Waals surface area contributed by atoms with Crippen LogP contribution in [0.3, 0.4) is 0 Å². The molecule has 0 radical (unpaired) electrons. The predicted octanol–water partition coefficient (Wildman–Crippen LogP) is 0.948. The van der Waals surface area contributed by atoms with E-state index in [1.54, 1.807) is 11.8 Å². The number of nitrogens with zero attached hydrogens (tertiary/aromatic N) is 1. The highest BCUT2D eigenvalue weighted by Gasteiger charge is 2.55. The predicted molar refractivity (Wildman–Crippen MR) is 66.5 cm³/mol. The molecule has 3 nitrogen and oxygen atoms in total. The van der Waals surface area contributed by atoms with E-state index in [-0.39, 0.29) is 0 Å². The van der Waals surface area contributed by atoms with Crippen LogP contribution in [-0.2, 0) is 4.79 Å². The van der Waals surface area contributed by atoms with Crippen molar-refractivity contribution in [1.29, 1.82) is 0 Å². The monoisotopic (exact) mass is 240 g/mol.